The fourth-order valence-corrected chi connectivity index (χ4v) is 1.18. The van der Waals surface area contributed by atoms with Crippen LogP contribution in [0.5, 0.6) is 0 Å². The van der Waals surface area contributed by atoms with Gasteiger partial charge in [-0.1, -0.05) is 29.5 Å². The molecule has 0 unspecified atom stereocenters. The van der Waals surface area contributed by atoms with Gasteiger partial charge >= 0.3 is 0 Å². The maximum absolute atomic E-state index is 10.6. The number of benzene rings is 1. The molecule has 1 aromatic carbocycles. The van der Waals surface area contributed by atoms with Gasteiger partial charge in [-0.3, -0.25) is 9.59 Å². The first kappa shape index (κ1) is 12.3. The smallest absolute Gasteiger partial charge is 0.217 e. The molecule has 0 aliphatic rings. The van der Waals surface area contributed by atoms with Crippen LogP contribution in [0.3, 0.4) is 0 Å². The lowest BCUT2D eigenvalue weighted by atomic mass is 10.1. The van der Waals surface area contributed by atoms with E-state index >= 15 is 0 Å². The SMILES string of the molecule is CC(=O)NCC#Cc1cc(C=O)ccc1Cl. The second kappa shape index (κ2) is 5.94. The minimum atomic E-state index is -0.137. The van der Waals surface area contributed by atoms with Gasteiger partial charge in [0, 0.05) is 18.1 Å². The third-order valence-electron chi connectivity index (χ3n) is 1.78. The summed E-state index contributed by atoms with van der Waals surface area (Å²) in [6, 6.07) is 4.85. The van der Waals surface area contributed by atoms with Gasteiger partial charge in [0.1, 0.15) is 6.29 Å². The van der Waals surface area contributed by atoms with E-state index in [1.807, 2.05) is 0 Å². The molecular weight excluding hydrogens is 226 g/mol. The largest absolute Gasteiger partial charge is 0.345 e. The number of rotatable bonds is 2. The minimum Gasteiger partial charge on any atom is -0.345 e. The molecular formula is C12H10ClNO2. The Morgan fingerprint density at radius 2 is 2.31 bits per heavy atom. The van der Waals surface area contributed by atoms with Gasteiger partial charge in [-0.2, -0.15) is 0 Å². The molecule has 0 aliphatic carbocycles. The van der Waals surface area contributed by atoms with E-state index in [4.69, 9.17) is 11.6 Å². The second-order valence-corrected chi connectivity index (χ2v) is 3.48. The van der Waals surface area contributed by atoms with Crippen LogP contribution in [-0.2, 0) is 4.79 Å². The number of halogens is 1. The van der Waals surface area contributed by atoms with Crippen molar-refractivity contribution < 1.29 is 9.59 Å². The van der Waals surface area contributed by atoms with Gasteiger partial charge in [-0.05, 0) is 12.1 Å². The zero-order valence-electron chi connectivity index (χ0n) is 8.71. The minimum absolute atomic E-state index is 0.137. The Hall–Kier alpha value is -1.79. The Morgan fingerprint density at radius 3 is 2.94 bits per heavy atom. The van der Waals surface area contributed by atoms with Crippen LogP contribution < -0.4 is 5.32 Å². The van der Waals surface area contributed by atoms with Crippen LogP contribution in [0.25, 0.3) is 0 Å². The number of amides is 1. The fraction of sp³-hybridized carbons (Fsp3) is 0.167. The molecule has 0 spiro atoms. The van der Waals surface area contributed by atoms with Crippen LogP contribution in [-0.4, -0.2) is 18.7 Å². The highest BCUT2D eigenvalue weighted by molar-refractivity contribution is 6.31. The molecule has 1 aromatic rings. The summed E-state index contributed by atoms with van der Waals surface area (Å²) >= 11 is 5.89. The quantitative estimate of drug-likeness (QED) is 0.626. The molecule has 1 amide bonds. The lowest BCUT2D eigenvalue weighted by molar-refractivity contribution is -0.118. The van der Waals surface area contributed by atoms with Crippen molar-refractivity contribution in [2.24, 2.45) is 0 Å². The van der Waals surface area contributed by atoms with Crippen molar-refractivity contribution in [2.45, 2.75) is 6.92 Å². The van der Waals surface area contributed by atoms with Crippen LogP contribution in [0.15, 0.2) is 18.2 Å². The molecule has 0 bridgehead atoms. The fourth-order valence-electron chi connectivity index (χ4n) is 1.02. The van der Waals surface area contributed by atoms with E-state index in [1.165, 1.54) is 6.92 Å². The maximum Gasteiger partial charge on any atom is 0.217 e. The summed E-state index contributed by atoms with van der Waals surface area (Å²) in [6.07, 6.45) is 0.731. The number of aldehydes is 1. The van der Waals surface area contributed by atoms with Gasteiger partial charge in [-0.25, -0.2) is 0 Å². The maximum atomic E-state index is 10.6. The summed E-state index contributed by atoms with van der Waals surface area (Å²) in [5, 5.41) is 3.03. The highest BCUT2D eigenvalue weighted by Crippen LogP contribution is 2.15. The summed E-state index contributed by atoms with van der Waals surface area (Å²) < 4.78 is 0. The Labute approximate surface area is 98.8 Å². The van der Waals surface area contributed by atoms with Gasteiger partial charge in [0.2, 0.25) is 5.91 Å². The molecule has 0 radical (unpaired) electrons. The van der Waals surface area contributed by atoms with E-state index in [1.54, 1.807) is 18.2 Å². The Bertz CT molecular complexity index is 472. The highest BCUT2D eigenvalue weighted by Gasteiger charge is 1.98. The normalized spacial score (nSPS) is 8.88. The van der Waals surface area contributed by atoms with Crippen LogP contribution in [0.4, 0.5) is 0 Å². The average Bonchev–Trinajstić information content (AvgIpc) is 2.26. The molecule has 3 nitrogen and oxygen atoms in total. The third kappa shape index (κ3) is 3.76. The predicted molar refractivity (Wildman–Crippen MR) is 62.4 cm³/mol. The summed E-state index contributed by atoms with van der Waals surface area (Å²) in [6.45, 7) is 1.68. The van der Waals surface area contributed by atoms with E-state index in [0.717, 1.165) is 6.29 Å². The molecule has 0 saturated carbocycles. The van der Waals surface area contributed by atoms with Gasteiger partial charge in [0.25, 0.3) is 0 Å². The first-order valence-electron chi connectivity index (χ1n) is 4.61. The molecule has 4 heteroatoms. The van der Waals surface area contributed by atoms with Crippen molar-refractivity contribution >= 4 is 23.8 Å². The van der Waals surface area contributed by atoms with Crippen molar-refractivity contribution in [3.63, 3.8) is 0 Å². The van der Waals surface area contributed by atoms with Crippen molar-refractivity contribution in [3.8, 4) is 11.8 Å². The summed E-state index contributed by atoms with van der Waals surface area (Å²) in [5.74, 6) is 5.39. The average molecular weight is 236 g/mol. The van der Waals surface area contributed by atoms with E-state index in [2.05, 4.69) is 17.2 Å². The molecule has 0 aliphatic heterocycles. The summed E-state index contributed by atoms with van der Waals surface area (Å²) in [4.78, 5) is 21.1. The predicted octanol–water partition coefficient (Wildman–Crippen LogP) is 1.64. The van der Waals surface area contributed by atoms with Crippen LogP contribution in [0, 0.1) is 11.8 Å². The van der Waals surface area contributed by atoms with Crippen molar-refractivity contribution in [3.05, 3.63) is 34.3 Å². The Balaban J connectivity index is 2.79. The van der Waals surface area contributed by atoms with Crippen LogP contribution in [0.1, 0.15) is 22.8 Å². The molecule has 1 rings (SSSR count). The van der Waals surface area contributed by atoms with E-state index in [0.29, 0.717) is 16.1 Å². The second-order valence-electron chi connectivity index (χ2n) is 3.07. The third-order valence-corrected chi connectivity index (χ3v) is 2.10. The molecule has 0 heterocycles. The van der Waals surface area contributed by atoms with E-state index < -0.39 is 0 Å². The number of carbonyl (C=O) groups is 2. The molecule has 16 heavy (non-hydrogen) atoms. The summed E-state index contributed by atoms with van der Waals surface area (Å²) in [5.41, 5.74) is 1.10. The van der Waals surface area contributed by atoms with Crippen molar-refractivity contribution in [2.75, 3.05) is 6.54 Å². The van der Waals surface area contributed by atoms with Crippen molar-refractivity contribution in [1.29, 1.82) is 0 Å². The Morgan fingerprint density at radius 1 is 1.56 bits per heavy atom. The first-order valence-corrected chi connectivity index (χ1v) is 4.99. The zero-order valence-corrected chi connectivity index (χ0v) is 9.47. The topological polar surface area (TPSA) is 46.2 Å². The molecule has 0 saturated heterocycles. The van der Waals surface area contributed by atoms with Crippen molar-refractivity contribution in [1.82, 2.24) is 5.32 Å². The van der Waals surface area contributed by atoms with Crippen LogP contribution in [0.2, 0.25) is 5.02 Å². The van der Waals surface area contributed by atoms with Gasteiger partial charge < -0.3 is 5.32 Å². The number of hydrogen-bond acceptors (Lipinski definition) is 2. The van der Waals surface area contributed by atoms with Crippen LogP contribution >= 0.6 is 11.6 Å². The van der Waals surface area contributed by atoms with Gasteiger partial charge in [-0.15, -0.1) is 0 Å². The number of nitrogens with one attached hydrogen (secondary N) is 1. The van der Waals surface area contributed by atoms with E-state index in [9.17, 15) is 9.59 Å². The molecule has 1 N–H and O–H groups in total. The zero-order chi connectivity index (χ0) is 12.0. The summed E-state index contributed by atoms with van der Waals surface area (Å²) in [7, 11) is 0. The number of carbonyl (C=O) groups excluding carboxylic acids is 2. The van der Waals surface area contributed by atoms with E-state index in [-0.39, 0.29) is 12.5 Å². The molecule has 82 valence electrons. The monoisotopic (exact) mass is 235 g/mol. The Kier molecular flexibility index (Phi) is 4.56. The standard InChI is InChI=1S/C12H10ClNO2/c1-9(16)14-6-2-3-11-7-10(8-15)4-5-12(11)13/h4-5,7-8H,6H2,1H3,(H,14,16). The number of hydrogen-bond donors (Lipinski definition) is 1. The molecule has 0 atom stereocenters. The first-order chi connectivity index (χ1) is 7.63. The highest BCUT2D eigenvalue weighted by atomic mass is 35.5. The van der Waals surface area contributed by atoms with Gasteiger partial charge in [0.15, 0.2) is 0 Å². The lowest BCUT2D eigenvalue weighted by Gasteiger charge is -1.96. The lowest BCUT2D eigenvalue weighted by Crippen LogP contribution is -2.19. The molecule has 0 aromatic heterocycles. The molecule has 0 fully saturated rings. The van der Waals surface area contributed by atoms with Gasteiger partial charge in [0.05, 0.1) is 11.6 Å².